The molecular weight excluding hydrogens is 261 g/mol. The van der Waals surface area contributed by atoms with Crippen LogP contribution in [0.1, 0.15) is 18.5 Å². The highest BCUT2D eigenvalue weighted by Gasteiger charge is 2.12. The maximum absolute atomic E-state index is 6.12. The molecule has 1 heterocycles. The Morgan fingerprint density at radius 1 is 1.35 bits per heavy atom. The lowest BCUT2D eigenvalue weighted by molar-refractivity contribution is 0.706. The molecule has 0 saturated heterocycles. The van der Waals surface area contributed by atoms with Crippen LogP contribution in [0.15, 0.2) is 18.2 Å². The van der Waals surface area contributed by atoms with Gasteiger partial charge in [0.05, 0.1) is 6.04 Å². The van der Waals surface area contributed by atoms with Crippen LogP contribution in [0.3, 0.4) is 0 Å². The number of nitrogens with one attached hydrogen (secondary N) is 1. The van der Waals surface area contributed by atoms with Crippen molar-refractivity contribution in [3.8, 4) is 0 Å². The fourth-order valence-corrected chi connectivity index (χ4v) is 2.05. The molecule has 1 N–H and O–H groups in total. The summed E-state index contributed by atoms with van der Waals surface area (Å²) < 4.78 is 1.56. The molecule has 0 saturated carbocycles. The molecule has 0 aliphatic carbocycles. The molecule has 1 aromatic carbocycles. The zero-order chi connectivity index (χ0) is 12.4. The predicted octanol–water partition coefficient (Wildman–Crippen LogP) is 2.69. The Hall–Kier alpha value is -1.33. The largest absolute Gasteiger partial charge is 0.347 e. The van der Waals surface area contributed by atoms with Crippen molar-refractivity contribution in [1.29, 1.82) is 0 Å². The van der Waals surface area contributed by atoms with E-state index < -0.39 is 0 Å². The molecule has 90 valence electrons. The van der Waals surface area contributed by atoms with Crippen LogP contribution in [-0.2, 0) is 7.05 Å². The molecule has 0 bridgehead atoms. The van der Waals surface area contributed by atoms with Crippen LogP contribution in [0.5, 0.6) is 0 Å². The van der Waals surface area contributed by atoms with Gasteiger partial charge in [-0.1, -0.05) is 34.4 Å². The highest BCUT2D eigenvalue weighted by Crippen LogP contribution is 2.27. The molecule has 17 heavy (non-hydrogen) atoms. The van der Waals surface area contributed by atoms with E-state index in [4.69, 9.17) is 23.2 Å². The van der Waals surface area contributed by atoms with E-state index in [1.807, 2.05) is 13.0 Å². The molecule has 2 aromatic rings. The van der Waals surface area contributed by atoms with Crippen molar-refractivity contribution in [1.82, 2.24) is 20.2 Å². The lowest BCUT2D eigenvalue weighted by Gasteiger charge is -2.15. The van der Waals surface area contributed by atoms with Crippen LogP contribution in [0.2, 0.25) is 10.0 Å². The van der Waals surface area contributed by atoms with E-state index >= 15 is 0 Å². The fourth-order valence-electron chi connectivity index (χ4n) is 1.48. The summed E-state index contributed by atoms with van der Waals surface area (Å²) in [7, 11) is 1.76. The Morgan fingerprint density at radius 3 is 2.71 bits per heavy atom. The Balaban J connectivity index is 2.20. The number of hydrogen-bond donors (Lipinski definition) is 1. The van der Waals surface area contributed by atoms with Crippen molar-refractivity contribution in [2.45, 2.75) is 13.0 Å². The van der Waals surface area contributed by atoms with Crippen LogP contribution < -0.4 is 5.32 Å². The fraction of sp³-hybridized carbons (Fsp3) is 0.300. The van der Waals surface area contributed by atoms with Crippen molar-refractivity contribution < 1.29 is 0 Å². The van der Waals surface area contributed by atoms with Gasteiger partial charge in [-0.05, 0) is 35.0 Å². The van der Waals surface area contributed by atoms with Gasteiger partial charge in [-0.3, -0.25) is 0 Å². The highest BCUT2D eigenvalue weighted by atomic mass is 35.5. The van der Waals surface area contributed by atoms with Gasteiger partial charge in [0.1, 0.15) is 0 Å². The van der Waals surface area contributed by atoms with Gasteiger partial charge in [0.25, 0.3) is 0 Å². The molecular formula is C10H11Cl2N5. The zero-order valence-electron chi connectivity index (χ0n) is 9.35. The first-order valence-corrected chi connectivity index (χ1v) is 5.77. The van der Waals surface area contributed by atoms with Crippen molar-refractivity contribution >= 4 is 29.2 Å². The molecule has 0 amide bonds. The third kappa shape index (κ3) is 2.68. The third-order valence-corrected chi connectivity index (χ3v) is 2.96. The second-order valence-corrected chi connectivity index (χ2v) is 4.50. The van der Waals surface area contributed by atoms with E-state index in [2.05, 4.69) is 20.8 Å². The first-order valence-electron chi connectivity index (χ1n) is 5.02. The molecule has 0 spiro atoms. The van der Waals surface area contributed by atoms with Gasteiger partial charge < -0.3 is 5.32 Å². The van der Waals surface area contributed by atoms with Gasteiger partial charge in [0.15, 0.2) is 0 Å². The molecule has 1 aromatic heterocycles. The molecule has 7 heteroatoms. The Bertz CT molecular complexity index is 525. The molecule has 0 aliphatic rings. The number of benzene rings is 1. The quantitative estimate of drug-likeness (QED) is 0.933. The van der Waals surface area contributed by atoms with E-state index in [1.54, 1.807) is 23.9 Å². The number of hydrogen-bond acceptors (Lipinski definition) is 4. The lowest BCUT2D eigenvalue weighted by atomic mass is 10.1. The predicted molar refractivity (Wildman–Crippen MR) is 67.3 cm³/mol. The van der Waals surface area contributed by atoms with Crippen molar-refractivity contribution in [3.63, 3.8) is 0 Å². The summed E-state index contributed by atoms with van der Waals surface area (Å²) >= 11 is 12.0. The molecule has 0 fully saturated rings. The summed E-state index contributed by atoms with van der Waals surface area (Å²) in [6.45, 7) is 1.98. The summed E-state index contributed by atoms with van der Waals surface area (Å²) in [4.78, 5) is 0. The average molecular weight is 272 g/mol. The summed E-state index contributed by atoms with van der Waals surface area (Å²) in [5.74, 6) is 0.587. The summed E-state index contributed by atoms with van der Waals surface area (Å²) in [5.41, 5.74) is 0.944. The normalized spacial score (nSPS) is 12.5. The summed E-state index contributed by atoms with van der Waals surface area (Å²) in [6, 6.07) is 5.39. The third-order valence-electron chi connectivity index (χ3n) is 2.39. The first kappa shape index (κ1) is 12.1. The van der Waals surface area contributed by atoms with Gasteiger partial charge in [-0.2, -0.15) is 0 Å². The van der Waals surface area contributed by atoms with Gasteiger partial charge in [0.2, 0.25) is 5.95 Å². The van der Waals surface area contributed by atoms with E-state index in [0.29, 0.717) is 16.0 Å². The lowest BCUT2D eigenvalue weighted by Crippen LogP contribution is -2.11. The van der Waals surface area contributed by atoms with Crippen LogP contribution in [0.25, 0.3) is 0 Å². The smallest absolute Gasteiger partial charge is 0.243 e. The number of tetrazole rings is 1. The van der Waals surface area contributed by atoms with Crippen LogP contribution in [0.4, 0.5) is 5.95 Å². The molecule has 0 unspecified atom stereocenters. The SMILES string of the molecule is C[C@H](Nc1nnnn1C)c1ccc(Cl)cc1Cl. The van der Waals surface area contributed by atoms with Crippen molar-refractivity contribution in [3.05, 3.63) is 33.8 Å². The average Bonchev–Trinajstić information content (AvgIpc) is 2.64. The molecule has 0 aliphatic heterocycles. The number of halogens is 2. The number of nitrogens with zero attached hydrogens (tertiary/aromatic N) is 4. The second kappa shape index (κ2) is 4.89. The van der Waals surface area contributed by atoms with E-state index in [-0.39, 0.29) is 6.04 Å². The first-order chi connectivity index (χ1) is 8.08. The maximum Gasteiger partial charge on any atom is 0.243 e. The van der Waals surface area contributed by atoms with Crippen molar-refractivity contribution in [2.24, 2.45) is 7.05 Å². The summed E-state index contributed by atoms with van der Waals surface area (Å²) in [6.07, 6.45) is 0. The molecule has 1 atom stereocenters. The van der Waals surface area contributed by atoms with E-state index in [9.17, 15) is 0 Å². The van der Waals surface area contributed by atoms with E-state index in [0.717, 1.165) is 5.56 Å². The molecule has 5 nitrogen and oxygen atoms in total. The van der Waals surface area contributed by atoms with Crippen molar-refractivity contribution in [2.75, 3.05) is 5.32 Å². The van der Waals surface area contributed by atoms with Crippen LogP contribution >= 0.6 is 23.2 Å². The topological polar surface area (TPSA) is 55.6 Å². The summed E-state index contributed by atoms with van der Waals surface area (Å²) in [5, 5.41) is 15.5. The number of aromatic nitrogens is 4. The minimum Gasteiger partial charge on any atom is -0.347 e. The molecule has 2 rings (SSSR count). The van der Waals surface area contributed by atoms with Gasteiger partial charge in [-0.25, -0.2) is 4.68 Å². The standard InChI is InChI=1S/C10H11Cl2N5/c1-6(13-10-14-15-16-17(10)2)8-4-3-7(11)5-9(8)12/h3-6H,1-2H3,(H,13,14,16)/t6-/m0/s1. The van der Waals surface area contributed by atoms with Gasteiger partial charge in [-0.15, -0.1) is 0 Å². The van der Waals surface area contributed by atoms with Crippen LogP contribution in [-0.4, -0.2) is 20.2 Å². The zero-order valence-corrected chi connectivity index (χ0v) is 10.9. The number of aryl methyl sites for hydroxylation is 1. The van der Waals surface area contributed by atoms with E-state index in [1.165, 1.54) is 0 Å². The van der Waals surface area contributed by atoms with Gasteiger partial charge in [0, 0.05) is 17.1 Å². The van der Waals surface area contributed by atoms with Crippen LogP contribution in [0, 0.1) is 0 Å². The Labute approximate surface area is 109 Å². The monoisotopic (exact) mass is 271 g/mol. The van der Waals surface area contributed by atoms with Gasteiger partial charge >= 0.3 is 0 Å². The Kier molecular flexibility index (Phi) is 3.49. The minimum absolute atomic E-state index is 0.00975. The second-order valence-electron chi connectivity index (χ2n) is 3.66. The number of anilines is 1. The highest BCUT2D eigenvalue weighted by molar-refractivity contribution is 6.35. The Morgan fingerprint density at radius 2 is 2.12 bits per heavy atom. The molecule has 0 radical (unpaired) electrons. The maximum atomic E-state index is 6.12. The minimum atomic E-state index is -0.00975. The number of rotatable bonds is 3.